The molecule has 2 N–H and O–H groups in total. The van der Waals surface area contributed by atoms with Crippen LogP contribution in [0.1, 0.15) is 12.5 Å². The van der Waals surface area contributed by atoms with Crippen LogP contribution in [0.15, 0.2) is 18.2 Å². The number of hydrogen-bond acceptors (Lipinski definition) is 5. The summed E-state index contributed by atoms with van der Waals surface area (Å²) in [6.07, 6.45) is 0.605. The first-order chi connectivity index (χ1) is 8.56. The lowest BCUT2D eigenvalue weighted by Gasteiger charge is -2.13. The van der Waals surface area contributed by atoms with E-state index in [1.54, 1.807) is 14.2 Å². The number of esters is 1. The Balaban J connectivity index is 2.64. The van der Waals surface area contributed by atoms with Gasteiger partial charge in [-0.1, -0.05) is 6.07 Å². The zero-order valence-electron chi connectivity index (χ0n) is 10.9. The summed E-state index contributed by atoms with van der Waals surface area (Å²) in [4.78, 5) is 10.7. The van der Waals surface area contributed by atoms with Crippen molar-refractivity contribution in [2.24, 2.45) is 5.73 Å². The Morgan fingerprint density at radius 1 is 1.28 bits per heavy atom. The largest absolute Gasteiger partial charge is 0.493 e. The monoisotopic (exact) mass is 253 g/mol. The van der Waals surface area contributed by atoms with Crippen molar-refractivity contribution in [2.45, 2.75) is 19.4 Å². The smallest absolute Gasteiger partial charge is 0.302 e. The summed E-state index contributed by atoms with van der Waals surface area (Å²) < 4.78 is 15.2. The Morgan fingerprint density at radius 3 is 2.50 bits per heavy atom. The highest BCUT2D eigenvalue weighted by molar-refractivity contribution is 5.65. The number of methoxy groups -OCH3 is 2. The first-order valence-corrected chi connectivity index (χ1v) is 5.66. The predicted molar refractivity (Wildman–Crippen MR) is 67.9 cm³/mol. The van der Waals surface area contributed by atoms with E-state index < -0.39 is 0 Å². The number of ether oxygens (including phenoxy) is 3. The van der Waals surface area contributed by atoms with E-state index in [0.29, 0.717) is 17.9 Å². The van der Waals surface area contributed by atoms with Gasteiger partial charge in [-0.05, 0) is 24.1 Å². The van der Waals surface area contributed by atoms with Crippen molar-refractivity contribution in [2.75, 3.05) is 20.8 Å². The summed E-state index contributed by atoms with van der Waals surface area (Å²) in [6, 6.07) is 5.38. The second-order valence-electron chi connectivity index (χ2n) is 3.96. The van der Waals surface area contributed by atoms with Crippen LogP contribution >= 0.6 is 0 Å². The average molecular weight is 253 g/mol. The maximum Gasteiger partial charge on any atom is 0.302 e. The molecule has 0 amide bonds. The Labute approximate surface area is 107 Å². The maximum atomic E-state index is 10.7. The maximum absolute atomic E-state index is 10.7. The lowest BCUT2D eigenvalue weighted by molar-refractivity contribution is -0.141. The topological polar surface area (TPSA) is 70.8 Å². The molecule has 5 nitrogen and oxygen atoms in total. The van der Waals surface area contributed by atoms with Gasteiger partial charge in [-0.2, -0.15) is 0 Å². The Morgan fingerprint density at radius 2 is 1.94 bits per heavy atom. The lowest BCUT2D eigenvalue weighted by Crippen LogP contribution is -2.29. The summed E-state index contributed by atoms with van der Waals surface area (Å²) in [7, 11) is 3.17. The van der Waals surface area contributed by atoms with Crippen molar-refractivity contribution in [3.05, 3.63) is 23.8 Å². The third kappa shape index (κ3) is 4.25. The molecule has 0 bridgehead atoms. The van der Waals surface area contributed by atoms with Crippen LogP contribution in [0.25, 0.3) is 0 Å². The van der Waals surface area contributed by atoms with Crippen LogP contribution in [0, 0.1) is 0 Å². The number of rotatable bonds is 6. The molecule has 0 aliphatic heterocycles. The number of carbonyl (C=O) groups excluding carboxylic acids is 1. The Hall–Kier alpha value is -1.75. The molecule has 0 fully saturated rings. The van der Waals surface area contributed by atoms with Gasteiger partial charge in [-0.25, -0.2) is 0 Å². The average Bonchev–Trinajstić information content (AvgIpc) is 2.36. The summed E-state index contributed by atoms with van der Waals surface area (Å²) >= 11 is 0. The van der Waals surface area contributed by atoms with Crippen molar-refractivity contribution in [3.8, 4) is 11.5 Å². The van der Waals surface area contributed by atoms with Crippen LogP contribution in [0.2, 0.25) is 0 Å². The van der Waals surface area contributed by atoms with Gasteiger partial charge in [0.1, 0.15) is 6.61 Å². The van der Waals surface area contributed by atoms with E-state index in [9.17, 15) is 4.79 Å². The standard InChI is InChI=1S/C13H19NO4/c1-9(15)18-8-11(14)6-10-4-5-12(16-2)13(7-10)17-3/h4-5,7,11H,6,8,14H2,1-3H3. The number of nitrogens with two attached hydrogens (primary N) is 1. The van der Waals surface area contributed by atoms with E-state index in [0.717, 1.165) is 5.56 Å². The molecule has 0 spiro atoms. The molecule has 1 aromatic carbocycles. The van der Waals surface area contributed by atoms with Crippen molar-refractivity contribution in [3.63, 3.8) is 0 Å². The van der Waals surface area contributed by atoms with Crippen LogP contribution in [-0.2, 0) is 16.0 Å². The van der Waals surface area contributed by atoms with Gasteiger partial charge in [0.15, 0.2) is 11.5 Å². The Bertz CT molecular complexity index is 406. The molecule has 0 heterocycles. The fraction of sp³-hybridized carbons (Fsp3) is 0.462. The van der Waals surface area contributed by atoms with Gasteiger partial charge < -0.3 is 19.9 Å². The summed E-state index contributed by atoms with van der Waals surface area (Å²) in [5.41, 5.74) is 6.87. The molecule has 0 aliphatic rings. The van der Waals surface area contributed by atoms with E-state index >= 15 is 0 Å². The third-order valence-corrected chi connectivity index (χ3v) is 2.45. The fourth-order valence-electron chi connectivity index (χ4n) is 1.59. The van der Waals surface area contributed by atoms with Crippen LogP contribution < -0.4 is 15.2 Å². The van der Waals surface area contributed by atoms with E-state index in [1.807, 2.05) is 18.2 Å². The molecular weight excluding hydrogens is 234 g/mol. The molecule has 0 aromatic heterocycles. The molecule has 0 radical (unpaired) electrons. The zero-order chi connectivity index (χ0) is 13.5. The van der Waals surface area contributed by atoms with Gasteiger partial charge in [0.2, 0.25) is 0 Å². The minimum absolute atomic E-state index is 0.212. The minimum Gasteiger partial charge on any atom is -0.493 e. The van der Waals surface area contributed by atoms with E-state index in [-0.39, 0.29) is 18.6 Å². The molecule has 0 aliphatic carbocycles. The Kier molecular flexibility index (Phi) is 5.45. The van der Waals surface area contributed by atoms with Crippen molar-refractivity contribution in [1.82, 2.24) is 0 Å². The van der Waals surface area contributed by atoms with Crippen LogP contribution in [0.4, 0.5) is 0 Å². The quantitative estimate of drug-likeness (QED) is 0.770. The number of carbonyl (C=O) groups is 1. The van der Waals surface area contributed by atoms with Crippen LogP contribution in [-0.4, -0.2) is 32.8 Å². The second-order valence-corrected chi connectivity index (χ2v) is 3.96. The zero-order valence-corrected chi connectivity index (χ0v) is 10.9. The second kappa shape index (κ2) is 6.86. The van der Waals surface area contributed by atoms with Crippen molar-refractivity contribution >= 4 is 5.97 Å². The predicted octanol–water partition coefficient (Wildman–Crippen LogP) is 1.14. The van der Waals surface area contributed by atoms with Gasteiger partial charge in [0.25, 0.3) is 0 Å². The molecule has 1 aromatic rings. The molecule has 1 unspecified atom stereocenters. The molecule has 18 heavy (non-hydrogen) atoms. The van der Waals surface area contributed by atoms with Crippen LogP contribution in [0.5, 0.6) is 11.5 Å². The van der Waals surface area contributed by atoms with E-state index in [2.05, 4.69) is 0 Å². The van der Waals surface area contributed by atoms with Gasteiger partial charge in [0, 0.05) is 13.0 Å². The summed E-state index contributed by atoms with van der Waals surface area (Å²) in [5, 5.41) is 0. The van der Waals surface area contributed by atoms with Gasteiger partial charge in [-0.15, -0.1) is 0 Å². The van der Waals surface area contributed by atoms with E-state index in [1.165, 1.54) is 6.92 Å². The van der Waals surface area contributed by atoms with Crippen molar-refractivity contribution < 1.29 is 19.0 Å². The van der Waals surface area contributed by atoms with Crippen molar-refractivity contribution in [1.29, 1.82) is 0 Å². The summed E-state index contributed by atoms with van der Waals surface area (Å²) in [6.45, 7) is 1.58. The normalized spacial score (nSPS) is 11.8. The molecule has 100 valence electrons. The van der Waals surface area contributed by atoms with E-state index in [4.69, 9.17) is 19.9 Å². The third-order valence-electron chi connectivity index (χ3n) is 2.45. The molecule has 1 atom stereocenters. The highest BCUT2D eigenvalue weighted by atomic mass is 16.5. The van der Waals surface area contributed by atoms with Gasteiger partial charge >= 0.3 is 5.97 Å². The highest BCUT2D eigenvalue weighted by Gasteiger charge is 2.09. The first kappa shape index (κ1) is 14.3. The van der Waals surface area contributed by atoms with Gasteiger partial charge in [-0.3, -0.25) is 4.79 Å². The fourth-order valence-corrected chi connectivity index (χ4v) is 1.59. The SMILES string of the molecule is COc1ccc(CC(N)COC(C)=O)cc1OC. The molecule has 1 rings (SSSR count). The van der Waals surface area contributed by atoms with Gasteiger partial charge in [0.05, 0.1) is 14.2 Å². The molecule has 0 saturated carbocycles. The summed E-state index contributed by atoms with van der Waals surface area (Å²) in [5.74, 6) is 1.02. The molecule has 0 saturated heterocycles. The highest BCUT2D eigenvalue weighted by Crippen LogP contribution is 2.27. The lowest BCUT2D eigenvalue weighted by atomic mass is 10.1. The number of benzene rings is 1. The first-order valence-electron chi connectivity index (χ1n) is 5.66. The molecular formula is C13H19NO4. The number of hydrogen-bond donors (Lipinski definition) is 1. The van der Waals surface area contributed by atoms with Crippen LogP contribution in [0.3, 0.4) is 0 Å². The minimum atomic E-state index is -0.322. The molecule has 5 heteroatoms.